The van der Waals surface area contributed by atoms with Gasteiger partial charge in [0.05, 0.1) is 6.61 Å². The zero-order valence-electron chi connectivity index (χ0n) is 18.4. The van der Waals surface area contributed by atoms with Gasteiger partial charge in [0.25, 0.3) is 0 Å². The second-order valence-corrected chi connectivity index (χ2v) is 8.27. The van der Waals surface area contributed by atoms with E-state index in [1.54, 1.807) is 0 Å². The van der Waals surface area contributed by atoms with Crippen LogP contribution in [-0.2, 0) is 13.1 Å². The van der Waals surface area contributed by atoms with Gasteiger partial charge in [-0.1, -0.05) is 48.9 Å². The number of thiocarbonyl (C=S) groups is 1. The Kier molecular flexibility index (Phi) is 10.1. The predicted molar refractivity (Wildman–Crippen MR) is 131 cm³/mol. The van der Waals surface area contributed by atoms with Gasteiger partial charge in [-0.2, -0.15) is 0 Å². The molecule has 7 nitrogen and oxygen atoms in total. The lowest BCUT2D eigenvalue weighted by molar-refractivity contribution is 0.220. The lowest BCUT2D eigenvalue weighted by atomic mass is 10.1. The minimum Gasteiger partial charge on any atom is -0.494 e. The van der Waals surface area contributed by atoms with E-state index >= 15 is 0 Å². The molecule has 0 bridgehead atoms. The van der Waals surface area contributed by atoms with Gasteiger partial charge in [0.1, 0.15) is 5.75 Å². The van der Waals surface area contributed by atoms with E-state index in [-0.39, 0.29) is 6.03 Å². The first kappa shape index (κ1) is 23.8. The van der Waals surface area contributed by atoms with Crippen LogP contribution in [-0.4, -0.2) is 42.3 Å². The first-order chi connectivity index (χ1) is 15.7. The second-order valence-electron chi connectivity index (χ2n) is 7.86. The van der Waals surface area contributed by atoms with Gasteiger partial charge >= 0.3 is 6.03 Å². The molecule has 0 saturated carbocycles. The number of nitrogens with one attached hydrogen (secondary N) is 4. The van der Waals surface area contributed by atoms with E-state index in [2.05, 4.69) is 44.6 Å². The highest BCUT2D eigenvalue weighted by molar-refractivity contribution is 7.80. The number of hydrogen-bond acceptors (Lipinski definition) is 4. The van der Waals surface area contributed by atoms with Crippen molar-refractivity contribution in [2.75, 3.05) is 26.2 Å². The van der Waals surface area contributed by atoms with Crippen molar-refractivity contribution >= 4 is 23.4 Å². The SMILES string of the molecule is O=C(NCc1ccccc1)NNC(=S)NCCCOc1cccc(CN2CCCCC2)c1. The Morgan fingerprint density at radius 2 is 1.72 bits per heavy atom. The predicted octanol–water partition coefficient (Wildman–Crippen LogP) is 3.32. The van der Waals surface area contributed by atoms with Crippen LogP contribution >= 0.6 is 12.2 Å². The number of hydrazine groups is 1. The van der Waals surface area contributed by atoms with E-state index in [0.717, 1.165) is 24.3 Å². The van der Waals surface area contributed by atoms with Crippen molar-refractivity contribution in [2.45, 2.75) is 38.8 Å². The topological polar surface area (TPSA) is 77.7 Å². The third kappa shape index (κ3) is 9.11. The molecule has 0 aliphatic carbocycles. The van der Waals surface area contributed by atoms with Crippen LogP contribution in [0.2, 0.25) is 0 Å². The van der Waals surface area contributed by atoms with Crippen molar-refractivity contribution in [3.8, 4) is 5.75 Å². The fourth-order valence-corrected chi connectivity index (χ4v) is 3.71. The van der Waals surface area contributed by atoms with Crippen molar-refractivity contribution in [3.63, 3.8) is 0 Å². The zero-order chi connectivity index (χ0) is 22.4. The molecule has 1 fully saturated rings. The first-order valence-corrected chi connectivity index (χ1v) is 11.7. The number of likely N-dealkylation sites (tertiary alicyclic amines) is 1. The smallest absolute Gasteiger partial charge is 0.333 e. The molecule has 3 rings (SSSR count). The van der Waals surface area contributed by atoms with Crippen LogP contribution in [0, 0.1) is 0 Å². The molecule has 2 aromatic rings. The van der Waals surface area contributed by atoms with Gasteiger partial charge in [0.15, 0.2) is 5.11 Å². The van der Waals surface area contributed by atoms with Crippen molar-refractivity contribution in [1.29, 1.82) is 0 Å². The van der Waals surface area contributed by atoms with Crippen molar-refractivity contribution in [1.82, 2.24) is 26.4 Å². The summed E-state index contributed by atoms with van der Waals surface area (Å²) < 4.78 is 5.89. The fourth-order valence-electron chi connectivity index (χ4n) is 3.55. The third-order valence-corrected chi connectivity index (χ3v) is 5.46. The van der Waals surface area contributed by atoms with Gasteiger partial charge in [0.2, 0.25) is 0 Å². The Labute approximate surface area is 195 Å². The molecule has 0 atom stereocenters. The summed E-state index contributed by atoms with van der Waals surface area (Å²) >= 11 is 5.18. The van der Waals surface area contributed by atoms with Crippen molar-refractivity contribution in [3.05, 3.63) is 65.7 Å². The Morgan fingerprint density at radius 3 is 2.53 bits per heavy atom. The Morgan fingerprint density at radius 1 is 0.938 bits per heavy atom. The van der Waals surface area contributed by atoms with Crippen LogP contribution in [0.1, 0.15) is 36.8 Å². The fraction of sp³-hybridized carbons (Fsp3) is 0.417. The van der Waals surface area contributed by atoms with Crippen LogP contribution in [0.5, 0.6) is 5.75 Å². The van der Waals surface area contributed by atoms with Gasteiger partial charge in [-0.3, -0.25) is 10.3 Å². The van der Waals surface area contributed by atoms with Crippen molar-refractivity contribution in [2.24, 2.45) is 0 Å². The molecular weight excluding hydrogens is 422 g/mol. The molecule has 0 radical (unpaired) electrons. The van der Waals surface area contributed by atoms with Gasteiger partial charge < -0.3 is 15.4 Å². The number of carbonyl (C=O) groups is 1. The maximum absolute atomic E-state index is 11.8. The van der Waals surface area contributed by atoms with E-state index in [1.165, 1.54) is 37.9 Å². The lowest BCUT2D eigenvalue weighted by Crippen LogP contribution is -2.50. The standard InChI is InChI=1S/C24H33N5O2S/c30-23(26-18-20-9-3-1-4-10-20)27-28-24(32)25-13-8-16-31-22-12-7-11-21(17-22)19-29-14-5-2-6-15-29/h1,3-4,7,9-12,17H,2,5-6,8,13-16,18-19H2,(H2,25,28,32)(H2,26,27,30). The van der Waals surface area contributed by atoms with Crippen LogP contribution in [0.15, 0.2) is 54.6 Å². The number of amides is 2. The number of rotatable bonds is 9. The summed E-state index contributed by atoms with van der Waals surface area (Å²) in [6.07, 6.45) is 4.74. The largest absolute Gasteiger partial charge is 0.494 e. The van der Waals surface area contributed by atoms with Crippen LogP contribution in [0.25, 0.3) is 0 Å². The Hall–Kier alpha value is -2.84. The van der Waals surface area contributed by atoms with Crippen LogP contribution < -0.4 is 26.2 Å². The van der Waals surface area contributed by atoms with Gasteiger partial charge in [-0.15, -0.1) is 0 Å². The minimum absolute atomic E-state index is 0.342. The van der Waals surface area contributed by atoms with E-state index in [9.17, 15) is 4.79 Å². The molecule has 4 N–H and O–H groups in total. The summed E-state index contributed by atoms with van der Waals surface area (Å²) in [4.78, 5) is 14.3. The molecule has 1 aliphatic rings. The highest BCUT2D eigenvalue weighted by atomic mass is 32.1. The quantitative estimate of drug-likeness (QED) is 0.264. The first-order valence-electron chi connectivity index (χ1n) is 11.2. The molecule has 8 heteroatoms. The molecular formula is C24H33N5O2S. The summed E-state index contributed by atoms with van der Waals surface area (Å²) in [7, 11) is 0. The molecule has 2 amide bonds. The number of benzene rings is 2. The minimum atomic E-state index is -0.342. The number of carbonyl (C=O) groups excluding carboxylic acids is 1. The second kappa shape index (κ2) is 13.5. The number of piperidine rings is 1. The summed E-state index contributed by atoms with van der Waals surface area (Å²) in [5, 5.41) is 6.18. The number of ether oxygens (including phenoxy) is 1. The van der Waals surface area contributed by atoms with E-state index in [0.29, 0.717) is 24.8 Å². The molecule has 0 unspecified atom stereocenters. The molecule has 1 saturated heterocycles. The summed E-state index contributed by atoms with van der Waals surface area (Å²) in [5.41, 5.74) is 7.53. The van der Waals surface area contributed by atoms with Gasteiger partial charge in [0, 0.05) is 19.6 Å². The van der Waals surface area contributed by atoms with Crippen molar-refractivity contribution < 1.29 is 9.53 Å². The average molecular weight is 456 g/mol. The Balaban J connectivity index is 1.24. The highest BCUT2D eigenvalue weighted by Gasteiger charge is 2.10. The van der Waals surface area contributed by atoms with E-state index in [4.69, 9.17) is 17.0 Å². The summed E-state index contributed by atoms with van der Waals surface area (Å²) in [6.45, 7) is 5.05. The average Bonchev–Trinajstić information content (AvgIpc) is 2.83. The number of hydrogen-bond donors (Lipinski definition) is 4. The Bertz CT molecular complexity index is 843. The molecule has 32 heavy (non-hydrogen) atoms. The van der Waals surface area contributed by atoms with Crippen LogP contribution in [0.3, 0.4) is 0 Å². The zero-order valence-corrected chi connectivity index (χ0v) is 19.3. The number of urea groups is 1. The molecule has 0 spiro atoms. The molecule has 1 heterocycles. The normalized spacial score (nSPS) is 13.8. The molecule has 172 valence electrons. The molecule has 1 aliphatic heterocycles. The van der Waals surface area contributed by atoms with E-state index < -0.39 is 0 Å². The maximum Gasteiger partial charge on any atom is 0.333 e. The molecule has 2 aromatic carbocycles. The monoisotopic (exact) mass is 455 g/mol. The van der Waals surface area contributed by atoms with E-state index in [1.807, 2.05) is 36.4 Å². The van der Waals surface area contributed by atoms with Crippen LogP contribution in [0.4, 0.5) is 4.79 Å². The lowest BCUT2D eigenvalue weighted by Gasteiger charge is -2.26. The summed E-state index contributed by atoms with van der Waals surface area (Å²) in [6, 6.07) is 17.7. The third-order valence-electron chi connectivity index (χ3n) is 5.21. The summed E-state index contributed by atoms with van der Waals surface area (Å²) in [5.74, 6) is 0.900. The van der Waals surface area contributed by atoms with Gasteiger partial charge in [-0.25, -0.2) is 10.2 Å². The highest BCUT2D eigenvalue weighted by Crippen LogP contribution is 2.17. The molecule has 0 aromatic heterocycles. The maximum atomic E-state index is 11.8. The van der Waals surface area contributed by atoms with Gasteiger partial charge in [-0.05, 0) is 67.8 Å². The number of nitrogens with zero attached hydrogens (tertiary/aromatic N) is 1.